The van der Waals surface area contributed by atoms with Crippen LogP contribution in [0, 0.1) is 5.92 Å². The second kappa shape index (κ2) is 9.45. The first kappa shape index (κ1) is 21.6. The number of rotatable bonds is 8. The lowest BCUT2D eigenvalue weighted by Crippen LogP contribution is -2.31. The van der Waals surface area contributed by atoms with Crippen LogP contribution in [0.3, 0.4) is 0 Å². The molecule has 1 N–H and O–H groups in total. The molecule has 7 nitrogen and oxygen atoms in total. The van der Waals surface area contributed by atoms with Crippen LogP contribution >= 0.6 is 0 Å². The molecule has 0 spiro atoms. The number of hydrogen-bond donors (Lipinski definition) is 1. The highest BCUT2D eigenvalue weighted by Gasteiger charge is 2.18. The number of carbonyl (C=O) groups is 1. The zero-order chi connectivity index (χ0) is 20.7. The van der Waals surface area contributed by atoms with Crippen molar-refractivity contribution in [1.29, 1.82) is 0 Å². The zero-order valence-corrected chi connectivity index (χ0v) is 17.2. The molecular formula is C20H25N3O4S. The fourth-order valence-corrected chi connectivity index (χ4v) is 2.81. The normalized spacial score (nSPS) is 12.9. The Kier molecular flexibility index (Phi) is 7.28. The van der Waals surface area contributed by atoms with Crippen molar-refractivity contribution in [1.82, 2.24) is 15.3 Å². The molecule has 0 fully saturated rings. The Bertz CT molecular complexity index is 941. The van der Waals surface area contributed by atoms with Crippen LogP contribution in [0.4, 0.5) is 0 Å². The summed E-state index contributed by atoms with van der Waals surface area (Å²) >= 11 is 0. The van der Waals surface area contributed by atoms with E-state index in [1.54, 1.807) is 19.1 Å². The molecule has 1 aromatic heterocycles. The van der Waals surface area contributed by atoms with E-state index >= 15 is 0 Å². The predicted octanol–water partition coefficient (Wildman–Crippen LogP) is 3.14. The van der Waals surface area contributed by atoms with E-state index in [0.29, 0.717) is 23.9 Å². The van der Waals surface area contributed by atoms with Crippen LogP contribution in [-0.4, -0.2) is 36.6 Å². The van der Waals surface area contributed by atoms with E-state index < -0.39 is 21.8 Å². The molecule has 0 saturated heterocycles. The van der Waals surface area contributed by atoms with Gasteiger partial charge in [-0.3, -0.25) is 4.79 Å². The Labute approximate surface area is 165 Å². The maximum atomic E-state index is 12.7. The number of hydrogen-bond acceptors (Lipinski definition) is 6. The molecule has 1 amide bonds. The minimum atomic E-state index is -3.27. The molecule has 28 heavy (non-hydrogen) atoms. The van der Waals surface area contributed by atoms with Crippen molar-refractivity contribution in [2.75, 3.05) is 6.26 Å². The molecule has 1 heterocycles. The average molecular weight is 404 g/mol. The number of sulfone groups is 1. The van der Waals surface area contributed by atoms with Gasteiger partial charge in [0.15, 0.2) is 9.84 Å². The standard InChI is InChI=1S/C20H25N3O4S/c1-14(2)12-18-21-13-17(19(24)22-15(3)10-11-28(4,25)26)20(23-18)27-16-8-6-5-7-9-16/h5-11,13-15H,12H2,1-4H3,(H,22,24)/b11-10+. The quantitative estimate of drug-likeness (QED) is 0.727. The Morgan fingerprint density at radius 2 is 1.89 bits per heavy atom. The predicted molar refractivity (Wildman–Crippen MR) is 108 cm³/mol. The highest BCUT2D eigenvalue weighted by Crippen LogP contribution is 2.23. The summed E-state index contributed by atoms with van der Waals surface area (Å²) in [5.41, 5.74) is 0.177. The van der Waals surface area contributed by atoms with Gasteiger partial charge >= 0.3 is 0 Å². The Morgan fingerprint density at radius 3 is 2.50 bits per heavy atom. The first-order valence-corrected chi connectivity index (χ1v) is 10.9. The number of carbonyl (C=O) groups excluding carboxylic acids is 1. The SMILES string of the molecule is CC(C)Cc1ncc(C(=O)NC(C)/C=C/S(C)(=O)=O)c(Oc2ccccc2)n1. The van der Waals surface area contributed by atoms with Crippen LogP contribution in [-0.2, 0) is 16.3 Å². The van der Waals surface area contributed by atoms with Gasteiger partial charge in [0.05, 0.1) is 0 Å². The van der Waals surface area contributed by atoms with Crippen LogP contribution in [0.5, 0.6) is 11.6 Å². The summed E-state index contributed by atoms with van der Waals surface area (Å²) in [5.74, 6) is 1.20. The fourth-order valence-electron chi connectivity index (χ4n) is 2.29. The van der Waals surface area contributed by atoms with E-state index in [9.17, 15) is 13.2 Å². The number of para-hydroxylation sites is 1. The number of amides is 1. The van der Waals surface area contributed by atoms with E-state index in [-0.39, 0.29) is 11.4 Å². The summed E-state index contributed by atoms with van der Waals surface area (Å²) in [4.78, 5) is 21.4. The summed E-state index contributed by atoms with van der Waals surface area (Å²) < 4.78 is 28.3. The molecule has 2 aromatic rings. The van der Waals surface area contributed by atoms with Crippen LogP contribution in [0.2, 0.25) is 0 Å². The molecule has 2 rings (SSSR count). The van der Waals surface area contributed by atoms with Crippen molar-refractivity contribution in [3.05, 3.63) is 59.4 Å². The largest absolute Gasteiger partial charge is 0.438 e. The molecular weight excluding hydrogens is 378 g/mol. The van der Waals surface area contributed by atoms with Crippen LogP contribution in [0.15, 0.2) is 48.0 Å². The van der Waals surface area contributed by atoms with Crippen LogP contribution in [0.25, 0.3) is 0 Å². The lowest BCUT2D eigenvalue weighted by molar-refractivity contribution is 0.0943. The van der Waals surface area contributed by atoms with E-state index in [0.717, 1.165) is 11.7 Å². The summed E-state index contributed by atoms with van der Waals surface area (Å²) in [5, 5.41) is 3.76. The van der Waals surface area contributed by atoms with Gasteiger partial charge in [-0.2, -0.15) is 4.98 Å². The molecule has 0 aliphatic heterocycles. The maximum Gasteiger partial charge on any atom is 0.258 e. The third kappa shape index (κ3) is 7.11. The van der Waals surface area contributed by atoms with E-state index in [1.165, 1.54) is 12.3 Å². The number of ether oxygens (including phenoxy) is 1. The van der Waals surface area contributed by atoms with Gasteiger partial charge in [0.2, 0.25) is 5.88 Å². The highest BCUT2D eigenvalue weighted by molar-refractivity contribution is 7.93. The number of benzene rings is 1. The summed E-state index contributed by atoms with van der Waals surface area (Å²) in [7, 11) is -3.27. The van der Waals surface area contributed by atoms with Gasteiger partial charge in [-0.25, -0.2) is 13.4 Å². The number of nitrogens with zero attached hydrogens (tertiary/aromatic N) is 2. The first-order chi connectivity index (χ1) is 13.1. The van der Waals surface area contributed by atoms with Crippen molar-refractivity contribution in [2.24, 2.45) is 5.92 Å². The molecule has 150 valence electrons. The van der Waals surface area contributed by atoms with E-state index in [4.69, 9.17) is 4.74 Å². The molecule has 0 saturated carbocycles. The van der Waals surface area contributed by atoms with Gasteiger partial charge in [0.25, 0.3) is 5.91 Å². The highest BCUT2D eigenvalue weighted by atomic mass is 32.2. The van der Waals surface area contributed by atoms with Gasteiger partial charge in [-0.1, -0.05) is 38.1 Å². The molecule has 0 aliphatic rings. The summed E-state index contributed by atoms with van der Waals surface area (Å²) in [6.07, 6.45) is 4.58. The lowest BCUT2D eigenvalue weighted by atomic mass is 10.1. The second-order valence-corrected chi connectivity index (χ2v) is 8.87. The van der Waals surface area contributed by atoms with E-state index in [1.807, 2.05) is 18.2 Å². The molecule has 1 aromatic carbocycles. The minimum absolute atomic E-state index is 0.161. The molecule has 1 unspecified atom stereocenters. The first-order valence-electron chi connectivity index (χ1n) is 8.92. The smallest absolute Gasteiger partial charge is 0.258 e. The minimum Gasteiger partial charge on any atom is -0.438 e. The zero-order valence-electron chi connectivity index (χ0n) is 16.4. The van der Waals surface area contributed by atoms with Gasteiger partial charge in [0.1, 0.15) is 17.1 Å². The summed E-state index contributed by atoms with van der Waals surface area (Å²) in [6, 6.07) is 8.54. The lowest BCUT2D eigenvalue weighted by Gasteiger charge is -2.14. The topological polar surface area (TPSA) is 98.2 Å². The van der Waals surface area contributed by atoms with Crippen LogP contribution < -0.4 is 10.1 Å². The van der Waals surface area contributed by atoms with E-state index in [2.05, 4.69) is 29.1 Å². The Balaban J connectivity index is 2.28. The molecule has 1 atom stereocenters. The van der Waals surface area contributed by atoms with Crippen molar-refractivity contribution in [2.45, 2.75) is 33.2 Å². The molecule has 0 aliphatic carbocycles. The van der Waals surface area contributed by atoms with Crippen molar-refractivity contribution >= 4 is 15.7 Å². The number of aromatic nitrogens is 2. The monoisotopic (exact) mass is 403 g/mol. The average Bonchev–Trinajstić information content (AvgIpc) is 2.60. The Hall–Kier alpha value is -2.74. The third-order valence-corrected chi connectivity index (χ3v) is 4.22. The van der Waals surface area contributed by atoms with Crippen molar-refractivity contribution in [3.8, 4) is 11.6 Å². The van der Waals surface area contributed by atoms with Crippen LogP contribution in [0.1, 0.15) is 37.0 Å². The maximum absolute atomic E-state index is 12.7. The summed E-state index contributed by atoms with van der Waals surface area (Å²) in [6.45, 7) is 5.78. The Morgan fingerprint density at radius 1 is 1.21 bits per heavy atom. The van der Waals surface area contributed by atoms with Crippen molar-refractivity contribution < 1.29 is 17.9 Å². The fraction of sp³-hybridized carbons (Fsp3) is 0.350. The van der Waals surface area contributed by atoms with Crippen molar-refractivity contribution in [3.63, 3.8) is 0 Å². The van der Waals surface area contributed by atoms with Gasteiger partial charge in [-0.05, 0) is 25.0 Å². The third-order valence-electron chi connectivity index (χ3n) is 3.57. The second-order valence-electron chi connectivity index (χ2n) is 6.94. The number of nitrogens with one attached hydrogen (secondary N) is 1. The van der Waals surface area contributed by atoms with Gasteiger partial charge in [0, 0.05) is 30.3 Å². The molecule has 8 heteroatoms. The molecule has 0 bridgehead atoms. The van der Waals surface area contributed by atoms with Gasteiger partial charge in [-0.15, -0.1) is 0 Å². The van der Waals surface area contributed by atoms with Gasteiger partial charge < -0.3 is 10.1 Å². The molecule has 0 radical (unpaired) electrons.